The Hall–Kier alpha value is -3.92. The van der Waals surface area contributed by atoms with E-state index in [0.717, 1.165) is 10.9 Å². The average Bonchev–Trinajstić information content (AvgIpc) is 2.78. The van der Waals surface area contributed by atoms with E-state index in [1.54, 1.807) is 38.1 Å². The van der Waals surface area contributed by atoms with Crippen LogP contribution in [-0.4, -0.2) is 29.6 Å². The number of ether oxygens (including phenoxy) is 3. The topological polar surface area (TPSA) is 98.5 Å². The van der Waals surface area contributed by atoms with Crippen LogP contribution in [0.5, 0.6) is 5.75 Å². The quantitative estimate of drug-likeness (QED) is 0.533. The molecule has 7 heteroatoms. The monoisotopic (exact) mass is 418 g/mol. The maximum atomic E-state index is 12.6. The third-order valence-electron chi connectivity index (χ3n) is 4.69. The minimum Gasteiger partial charge on any atom is -0.479 e. The van der Waals surface area contributed by atoms with Gasteiger partial charge in [0.25, 0.3) is 0 Å². The molecule has 0 saturated heterocycles. The summed E-state index contributed by atoms with van der Waals surface area (Å²) in [5.74, 6) is -0.673. The molecular formula is C24H22N2O5. The molecule has 3 aromatic rings. The zero-order valence-electron chi connectivity index (χ0n) is 17.5. The molecule has 2 aromatic carbocycles. The van der Waals surface area contributed by atoms with Crippen LogP contribution < -0.4 is 4.74 Å². The highest BCUT2D eigenvalue weighted by atomic mass is 16.6. The van der Waals surface area contributed by atoms with Gasteiger partial charge in [-0.25, -0.2) is 14.6 Å². The summed E-state index contributed by atoms with van der Waals surface area (Å²) < 4.78 is 16.2. The van der Waals surface area contributed by atoms with Gasteiger partial charge < -0.3 is 14.2 Å². The first kappa shape index (κ1) is 21.8. The molecule has 0 spiro atoms. The average molecular weight is 418 g/mol. The number of nitrogens with zero attached hydrogens (tertiary/aromatic N) is 2. The number of para-hydroxylation sites is 1. The van der Waals surface area contributed by atoms with Crippen molar-refractivity contribution in [3.8, 4) is 11.8 Å². The number of fused-ring (bicyclic) bond motifs is 1. The van der Waals surface area contributed by atoms with Crippen LogP contribution >= 0.6 is 0 Å². The molecule has 7 nitrogen and oxygen atoms in total. The van der Waals surface area contributed by atoms with Crippen molar-refractivity contribution in [2.75, 3.05) is 6.61 Å². The van der Waals surface area contributed by atoms with Crippen molar-refractivity contribution < 1.29 is 23.8 Å². The highest BCUT2D eigenvalue weighted by Crippen LogP contribution is 2.24. The molecule has 0 fully saturated rings. The predicted octanol–water partition coefficient (Wildman–Crippen LogP) is 4.10. The van der Waals surface area contributed by atoms with Crippen LogP contribution in [-0.2, 0) is 20.9 Å². The van der Waals surface area contributed by atoms with Gasteiger partial charge in [-0.15, -0.1) is 0 Å². The van der Waals surface area contributed by atoms with Gasteiger partial charge in [-0.2, -0.15) is 5.26 Å². The minimum atomic E-state index is -0.888. The van der Waals surface area contributed by atoms with Crippen LogP contribution in [0.4, 0.5) is 0 Å². The van der Waals surface area contributed by atoms with Crippen molar-refractivity contribution in [2.24, 2.45) is 0 Å². The SMILES string of the molecule is CCOC(=O)c1c(COC(=O)[C@H](C)Oc2ccc(C#N)cc2)nc2ccccc2c1C. The van der Waals surface area contributed by atoms with Gasteiger partial charge in [0.2, 0.25) is 0 Å². The van der Waals surface area contributed by atoms with E-state index >= 15 is 0 Å². The van der Waals surface area contributed by atoms with Gasteiger partial charge in [0.15, 0.2) is 6.10 Å². The number of aromatic nitrogens is 1. The van der Waals surface area contributed by atoms with Gasteiger partial charge in [0, 0.05) is 5.39 Å². The molecule has 0 aliphatic rings. The molecule has 1 aromatic heterocycles. The summed E-state index contributed by atoms with van der Waals surface area (Å²) in [6, 6.07) is 15.9. The lowest BCUT2D eigenvalue weighted by atomic mass is 10.0. The molecule has 0 unspecified atom stereocenters. The van der Waals surface area contributed by atoms with E-state index in [-0.39, 0.29) is 13.2 Å². The Bertz CT molecular complexity index is 1150. The smallest absolute Gasteiger partial charge is 0.347 e. The molecule has 1 atom stereocenters. The molecule has 0 aliphatic heterocycles. The molecule has 158 valence electrons. The van der Waals surface area contributed by atoms with Gasteiger partial charge >= 0.3 is 11.9 Å². The summed E-state index contributed by atoms with van der Waals surface area (Å²) in [5, 5.41) is 9.69. The molecule has 1 heterocycles. The Morgan fingerprint density at radius 3 is 2.48 bits per heavy atom. The fourth-order valence-electron chi connectivity index (χ4n) is 3.14. The fourth-order valence-corrected chi connectivity index (χ4v) is 3.14. The number of pyridine rings is 1. The number of carbonyl (C=O) groups is 2. The summed E-state index contributed by atoms with van der Waals surface area (Å²) >= 11 is 0. The Balaban J connectivity index is 1.78. The van der Waals surface area contributed by atoms with Crippen LogP contribution in [0.3, 0.4) is 0 Å². The zero-order chi connectivity index (χ0) is 22.4. The summed E-state index contributed by atoms with van der Waals surface area (Å²) in [6.07, 6.45) is -0.888. The molecule has 0 amide bonds. The van der Waals surface area contributed by atoms with E-state index in [2.05, 4.69) is 4.98 Å². The summed E-state index contributed by atoms with van der Waals surface area (Å²) in [6.45, 7) is 5.13. The number of hydrogen-bond acceptors (Lipinski definition) is 7. The Labute approximate surface area is 180 Å². The number of hydrogen-bond donors (Lipinski definition) is 0. The van der Waals surface area contributed by atoms with Crippen LogP contribution in [0.2, 0.25) is 0 Å². The van der Waals surface area contributed by atoms with Crippen molar-refractivity contribution in [3.05, 3.63) is 70.9 Å². The Kier molecular flexibility index (Phi) is 6.83. The Morgan fingerprint density at radius 2 is 1.81 bits per heavy atom. The number of nitriles is 1. The lowest BCUT2D eigenvalue weighted by Crippen LogP contribution is -2.26. The van der Waals surface area contributed by atoms with Gasteiger partial charge in [0.05, 0.1) is 35.0 Å². The number of esters is 2. The molecular weight excluding hydrogens is 396 g/mol. The summed E-state index contributed by atoms with van der Waals surface area (Å²) in [5.41, 5.74) is 2.53. The third kappa shape index (κ3) is 4.98. The molecule has 0 aliphatic carbocycles. The maximum Gasteiger partial charge on any atom is 0.347 e. The second-order valence-electron chi connectivity index (χ2n) is 6.80. The highest BCUT2D eigenvalue weighted by Gasteiger charge is 2.23. The first-order valence-electron chi connectivity index (χ1n) is 9.83. The number of aryl methyl sites for hydroxylation is 1. The van der Waals surface area contributed by atoms with E-state index in [1.807, 2.05) is 37.3 Å². The van der Waals surface area contributed by atoms with Crippen molar-refractivity contribution in [2.45, 2.75) is 33.5 Å². The van der Waals surface area contributed by atoms with E-state index in [4.69, 9.17) is 19.5 Å². The number of benzene rings is 2. The standard InChI is InChI=1S/C24H22N2O5/c1-4-29-24(28)22-15(2)19-7-5-6-8-20(19)26-21(22)14-30-23(27)16(3)31-18-11-9-17(13-25)10-12-18/h5-12,16H,4,14H2,1-3H3/t16-/m0/s1. The van der Waals surface area contributed by atoms with Gasteiger partial charge in [0.1, 0.15) is 12.4 Å². The van der Waals surface area contributed by atoms with Crippen molar-refractivity contribution in [3.63, 3.8) is 0 Å². The van der Waals surface area contributed by atoms with Crippen molar-refractivity contribution in [1.29, 1.82) is 5.26 Å². The normalized spacial score (nSPS) is 11.4. The summed E-state index contributed by atoms with van der Waals surface area (Å²) in [7, 11) is 0. The van der Waals surface area contributed by atoms with Gasteiger partial charge in [-0.3, -0.25) is 0 Å². The largest absolute Gasteiger partial charge is 0.479 e. The lowest BCUT2D eigenvalue weighted by molar-refractivity contribution is -0.152. The lowest BCUT2D eigenvalue weighted by Gasteiger charge is -2.16. The van der Waals surface area contributed by atoms with Crippen LogP contribution in [0, 0.1) is 18.3 Å². The molecule has 3 rings (SSSR count). The molecule has 31 heavy (non-hydrogen) atoms. The van der Waals surface area contributed by atoms with Gasteiger partial charge in [-0.1, -0.05) is 18.2 Å². The van der Waals surface area contributed by atoms with E-state index < -0.39 is 18.0 Å². The van der Waals surface area contributed by atoms with Gasteiger partial charge in [-0.05, 0) is 56.7 Å². The van der Waals surface area contributed by atoms with E-state index in [9.17, 15) is 9.59 Å². The first-order chi connectivity index (χ1) is 14.9. The highest BCUT2D eigenvalue weighted by molar-refractivity contribution is 5.98. The molecule has 0 radical (unpaired) electrons. The van der Waals surface area contributed by atoms with Crippen molar-refractivity contribution in [1.82, 2.24) is 4.98 Å². The van der Waals surface area contributed by atoms with E-state index in [1.165, 1.54) is 0 Å². The predicted molar refractivity (Wildman–Crippen MR) is 113 cm³/mol. The molecule has 0 N–H and O–H groups in total. The first-order valence-corrected chi connectivity index (χ1v) is 9.83. The van der Waals surface area contributed by atoms with Crippen LogP contribution in [0.1, 0.15) is 41.0 Å². The van der Waals surface area contributed by atoms with Crippen molar-refractivity contribution >= 4 is 22.8 Å². The minimum absolute atomic E-state index is 0.195. The number of rotatable bonds is 7. The summed E-state index contributed by atoms with van der Waals surface area (Å²) in [4.78, 5) is 29.5. The maximum absolute atomic E-state index is 12.6. The fraction of sp³-hybridized carbons (Fsp3) is 0.250. The molecule has 0 bridgehead atoms. The van der Waals surface area contributed by atoms with Crippen LogP contribution in [0.25, 0.3) is 10.9 Å². The molecule has 0 saturated carbocycles. The second-order valence-corrected chi connectivity index (χ2v) is 6.80. The number of carbonyl (C=O) groups excluding carboxylic acids is 2. The van der Waals surface area contributed by atoms with Crippen LogP contribution in [0.15, 0.2) is 48.5 Å². The van der Waals surface area contributed by atoms with E-state index in [0.29, 0.717) is 28.1 Å². The second kappa shape index (κ2) is 9.72. The zero-order valence-corrected chi connectivity index (χ0v) is 17.5. The Morgan fingerprint density at radius 1 is 1.10 bits per heavy atom. The third-order valence-corrected chi connectivity index (χ3v) is 4.69.